The molecule has 6 heteroatoms. The fourth-order valence-electron chi connectivity index (χ4n) is 3.98. The van der Waals surface area contributed by atoms with Crippen LogP contribution in [0.3, 0.4) is 0 Å². The first kappa shape index (κ1) is 18.2. The maximum absolute atomic E-state index is 9.51. The lowest BCUT2D eigenvalue weighted by molar-refractivity contribution is -0.635. The molecule has 2 unspecified atom stereocenters. The SMILES string of the molecule is CC(Oc1cc(C2CNC(O)NC2)ccc1O[I-])C1CCC[C@@H]1C. The summed E-state index contributed by atoms with van der Waals surface area (Å²) in [4.78, 5) is 0. The fourth-order valence-corrected chi connectivity index (χ4v) is 4.35. The Morgan fingerprint density at radius 3 is 2.58 bits per heavy atom. The van der Waals surface area contributed by atoms with E-state index in [1.807, 2.05) is 29.1 Å². The summed E-state index contributed by atoms with van der Waals surface area (Å²) in [5, 5.41) is 15.6. The highest BCUT2D eigenvalue weighted by atomic mass is 127. The van der Waals surface area contributed by atoms with Crippen molar-refractivity contribution in [2.75, 3.05) is 13.1 Å². The second-order valence-corrected chi connectivity index (χ2v) is 7.53. The Morgan fingerprint density at radius 1 is 1.21 bits per heavy atom. The van der Waals surface area contributed by atoms with Crippen LogP contribution in [0.15, 0.2) is 18.2 Å². The summed E-state index contributed by atoms with van der Waals surface area (Å²) in [5.74, 6) is 3.23. The number of hydrogen-bond donors (Lipinski definition) is 3. The zero-order valence-corrected chi connectivity index (χ0v) is 16.5. The Morgan fingerprint density at radius 2 is 1.96 bits per heavy atom. The summed E-state index contributed by atoms with van der Waals surface area (Å²) in [6, 6.07) is 6.15. The molecule has 0 aromatic heterocycles. The Kier molecular flexibility index (Phi) is 6.23. The molecule has 0 spiro atoms. The predicted octanol–water partition coefficient (Wildman–Crippen LogP) is -0.710. The number of rotatable bonds is 5. The summed E-state index contributed by atoms with van der Waals surface area (Å²) in [6.45, 7) is 5.99. The van der Waals surface area contributed by atoms with Gasteiger partial charge in [0.25, 0.3) is 0 Å². The normalized spacial score (nSPS) is 31.7. The fraction of sp³-hybridized carbons (Fsp3) is 0.667. The monoisotopic (exact) mass is 446 g/mol. The largest absolute Gasteiger partial charge is 0.648 e. The summed E-state index contributed by atoms with van der Waals surface area (Å²) in [6.07, 6.45) is 3.43. The first-order valence-electron chi connectivity index (χ1n) is 8.82. The van der Waals surface area contributed by atoms with Crippen molar-refractivity contribution in [2.45, 2.75) is 51.5 Å². The lowest BCUT2D eigenvalue weighted by Crippen LogP contribution is -3.37. The highest BCUT2D eigenvalue weighted by molar-refractivity contribution is 5.44. The Hall–Kier alpha value is -0.570. The second kappa shape index (κ2) is 8.21. The topological polar surface area (TPSA) is 62.8 Å². The van der Waals surface area contributed by atoms with Gasteiger partial charge in [-0.2, -0.15) is 0 Å². The zero-order chi connectivity index (χ0) is 17.1. The number of aliphatic hydroxyl groups is 1. The van der Waals surface area contributed by atoms with Crippen LogP contribution in [-0.2, 0) is 0 Å². The van der Waals surface area contributed by atoms with Gasteiger partial charge >= 0.3 is 0 Å². The first-order chi connectivity index (χ1) is 11.6. The molecule has 24 heavy (non-hydrogen) atoms. The van der Waals surface area contributed by atoms with Gasteiger partial charge in [-0.05, 0) is 42.9 Å². The molecule has 1 aliphatic carbocycles. The molecule has 1 saturated heterocycles. The van der Waals surface area contributed by atoms with Crippen LogP contribution in [-0.4, -0.2) is 30.7 Å². The molecular weight excluding hydrogens is 419 g/mol. The lowest BCUT2D eigenvalue weighted by Gasteiger charge is -2.30. The van der Waals surface area contributed by atoms with Gasteiger partial charge in [-0.1, -0.05) is 25.8 Å². The van der Waals surface area contributed by atoms with Crippen LogP contribution in [0.5, 0.6) is 11.5 Å². The van der Waals surface area contributed by atoms with Crippen molar-refractivity contribution in [1.29, 1.82) is 0 Å². The van der Waals surface area contributed by atoms with E-state index < -0.39 is 6.35 Å². The van der Waals surface area contributed by atoms with Crippen LogP contribution in [0.2, 0.25) is 0 Å². The summed E-state index contributed by atoms with van der Waals surface area (Å²) in [7, 11) is 0. The van der Waals surface area contributed by atoms with Crippen LogP contribution in [0.1, 0.15) is 44.6 Å². The molecule has 0 amide bonds. The summed E-state index contributed by atoms with van der Waals surface area (Å²) < 4.78 is 11.8. The van der Waals surface area contributed by atoms with Crippen LogP contribution in [0.4, 0.5) is 0 Å². The number of benzene rings is 1. The number of hydrogen-bond acceptors (Lipinski definition) is 5. The molecule has 1 saturated carbocycles. The van der Waals surface area contributed by atoms with Crippen LogP contribution in [0, 0.1) is 11.8 Å². The van der Waals surface area contributed by atoms with Crippen LogP contribution >= 0.6 is 0 Å². The molecule has 1 aromatic rings. The molecule has 1 aromatic carbocycles. The third kappa shape index (κ3) is 4.15. The molecule has 3 rings (SSSR count). The molecule has 1 aliphatic heterocycles. The van der Waals surface area contributed by atoms with Crippen molar-refractivity contribution in [1.82, 2.24) is 10.6 Å². The van der Waals surface area contributed by atoms with E-state index in [-0.39, 0.29) is 6.10 Å². The van der Waals surface area contributed by atoms with Gasteiger partial charge in [-0.25, -0.2) is 0 Å². The lowest BCUT2D eigenvalue weighted by atomic mass is 9.93. The first-order valence-corrected chi connectivity index (χ1v) is 9.70. The third-order valence-electron chi connectivity index (χ3n) is 5.48. The van der Waals surface area contributed by atoms with E-state index in [0.717, 1.165) is 30.5 Å². The molecule has 5 nitrogen and oxygen atoms in total. The maximum Gasteiger partial charge on any atom is 0.160 e. The second-order valence-electron chi connectivity index (χ2n) is 7.09. The standard InChI is InChI=1S/C18H27IN2O3/c1-11-4-3-5-15(11)12(2)23-17-8-13(6-7-16(17)24-19)14-9-20-18(22)21-10-14/h6-8,11-12,14-15,18,20-22H,3-5,9-10H2,1-2H3/q-1/t11-,12?,14?,15?,18?/m0/s1. The number of ether oxygens (including phenoxy) is 1. The molecule has 0 bridgehead atoms. The Balaban J connectivity index is 1.74. The van der Waals surface area contributed by atoms with Gasteiger partial charge in [0.2, 0.25) is 0 Å². The minimum atomic E-state index is -0.613. The summed E-state index contributed by atoms with van der Waals surface area (Å²) in [5.41, 5.74) is 1.20. The number of halogens is 1. The van der Waals surface area contributed by atoms with Crippen molar-refractivity contribution >= 4 is 0 Å². The average molecular weight is 446 g/mol. The van der Waals surface area contributed by atoms with Crippen LogP contribution in [0.25, 0.3) is 0 Å². The predicted molar refractivity (Wildman–Crippen MR) is 88.4 cm³/mol. The van der Waals surface area contributed by atoms with E-state index in [2.05, 4.69) is 36.6 Å². The minimum Gasteiger partial charge on any atom is -0.648 e. The highest BCUT2D eigenvalue weighted by Crippen LogP contribution is 2.37. The summed E-state index contributed by atoms with van der Waals surface area (Å²) >= 11 is 1.91. The number of nitrogens with one attached hydrogen (secondary N) is 2. The van der Waals surface area contributed by atoms with E-state index >= 15 is 0 Å². The van der Waals surface area contributed by atoms with Gasteiger partial charge in [0.15, 0.2) is 12.1 Å². The molecule has 135 valence electrons. The van der Waals surface area contributed by atoms with Crippen molar-refractivity contribution in [2.24, 2.45) is 11.8 Å². The van der Waals surface area contributed by atoms with E-state index in [4.69, 9.17) is 7.80 Å². The Labute approximate surface area is 158 Å². The van der Waals surface area contributed by atoms with Gasteiger partial charge in [0.1, 0.15) is 5.75 Å². The van der Waals surface area contributed by atoms with Gasteiger partial charge in [-0.3, -0.25) is 10.6 Å². The highest BCUT2D eigenvalue weighted by Gasteiger charge is 2.30. The smallest absolute Gasteiger partial charge is 0.160 e. The van der Waals surface area contributed by atoms with E-state index in [0.29, 0.717) is 11.8 Å². The van der Waals surface area contributed by atoms with Gasteiger partial charge < -0.3 is 35.9 Å². The zero-order valence-electron chi connectivity index (χ0n) is 14.3. The van der Waals surface area contributed by atoms with Crippen LogP contribution < -0.4 is 41.4 Å². The van der Waals surface area contributed by atoms with E-state index in [1.54, 1.807) is 0 Å². The Bertz CT molecular complexity index is 549. The van der Waals surface area contributed by atoms with Gasteiger partial charge in [-0.15, -0.1) is 0 Å². The molecule has 3 N–H and O–H groups in total. The molecular formula is C18H27IN2O3-. The quantitative estimate of drug-likeness (QED) is 0.522. The van der Waals surface area contributed by atoms with E-state index in [9.17, 15) is 5.11 Å². The average Bonchev–Trinajstić information content (AvgIpc) is 3.01. The minimum absolute atomic E-state index is 0.187. The molecule has 2 aliphatic rings. The van der Waals surface area contributed by atoms with Gasteiger partial charge in [0, 0.05) is 19.0 Å². The maximum atomic E-state index is 9.51. The van der Waals surface area contributed by atoms with Gasteiger partial charge in [0.05, 0.1) is 6.10 Å². The number of aliphatic hydroxyl groups excluding tert-OH is 1. The molecule has 1 radical (unpaired) electrons. The van der Waals surface area contributed by atoms with Crippen molar-refractivity contribution in [3.05, 3.63) is 23.8 Å². The molecule has 3 atom stereocenters. The van der Waals surface area contributed by atoms with Crippen molar-refractivity contribution < 1.29 is 35.9 Å². The van der Waals surface area contributed by atoms with Crippen molar-refractivity contribution in [3.63, 3.8) is 0 Å². The van der Waals surface area contributed by atoms with E-state index in [1.165, 1.54) is 24.8 Å². The third-order valence-corrected chi connectivity index (χ3v) is 5.96. The molecule has 2 fully saturated rings. The van der Waals surface area contributed by atoms with Crippen molar-refractivity contribution in [3.8, 4) is 11.5 Å². The molecule has 1 heterocycles.